The van der Waals surface area contributed by atoms with E-state index >= 15 is 0 Å². The molecule has 1 aliphatic carbocycles. The van der Waals surface area contributed by atoms with E-state index in [0.29, 0.717) is 6.04 Å². The highest BCUT2D eigenvalue weighted by molar-refractivity contribution is 5.55. The Hall–Kier alpha value is -1.13. The summed E-state index contributed by atoms with van der Waals surface area (Å²) in [6, 6.07) is 5.81. The van der Waals surface area contributed by atoms with Gasteiger partial charge >= 0.3 is 0 Å². The number of hydrogen-bond acceptors (Lipinski definition) is 3. The van der Waals surface area contributed by atoms with Crippen molar-refractivity contribution >= 4 is 5.69 Å². The van der Waals surface area contributed by atoms with Crippen LogP contribution >= 0.6 is 0 Å². The van der Waals surface area contributed by atoms with Crippen molar-refractivity contribution in [1.29, 1.82) is 0 Å². The SMILES string of the molecule is CC1CCCC(NC(C)c2cc(F)ccc2N2CCC(O)CC2)C1. The smallest absolute Gasteiger partial charge is 0.123 e. The molecule has 2 N–H and O–H groups in total. The third-order valence-corrected chi connectivity index (χ3v) is 5.68. The minimum Gasteiger partial charge on any atom is -0.393 e. The van der Waals surface area contributed by atoms with Crippen LogP contribution in [0.25, 0.3) is 0 Å². The molecule has 24 heavy (non-hydrogen) atoms. The van der Waals surface area contributed by atoms with E-state index in [-0.39, 0.29) is 18.0 Å². The van der Waals surface area contributed by atoms with E-state index in [9.17, 15) is 9.50 Å². The van der Waals surface area contributed by atoms with Gasteiger partial charge < -0.3 is 15.3 Å². The predicted octanol–water partition coefficient (Wildman–Crippen LogP) is 4.02. The van der Waals surface area contributed by atoms with Crippen LogP contribution in [-0.2, 0) is 0 Å². The Morgan fingerprint density at radius 3 is 2.67 bits per heavy atom. The maximum absolute atomic E-state index is 13.9. The molecule has 1 aliphatic heterocycles. The molecule has 1 aromatic rings. The maximum atomic E-state index is 13.9. The number of anilines is 1. The molecule has 3 nitrogen and oxygen atoms in total. The molecular weight excluding hydrogens is 303 g/mol. The molecule has 0 spiro atoms. The average molecular weight is 334 g/mol. The van der Waals surface area contributed by atoms with Gasteiger partial charge in [0, 0.05) is 30.9 Å². The van der Waals surface area contributed by atoms with Gasteiger partial charge in [-0.3, -0.25) is 0 Å². The summed E-state index contributed by atoms with van der Waals surface area (Å²) >= 11 is 0. The lowest BCUT2D eigenvalue weighted by Crippen LogP contribution is -2.38. The van der Waals surface area contributed by atoms with Gasteiger partial charge in [-0.25, -0.2) is 4.39 Å². The molecular formula is C20H31FN2O. The molecule has 2 aliphatic rings. The highest BCUT2D eigenvalue weighted by Gasteiger charge is 2.24. The van der Waals surface area contributed by atoms with Crippen molar-refractivity contribution in [2.24, 2.45) is 5.92 Å². The van der Waals surface area contributed by atoms with E-state index in [0.717, 1.165) is 43.1 Å². The lowest BCUT2D eigenvalue weighted by atomic mass is 9.86. The Morgan fingerprint density at radius 2 is 1.96 bits per heavy atom. The second kappa shape index (κ2) is 7.83. The molecule has 1 heterocycles. The Labute approximate surface area is 145 Å². The maximum Gasteiger partial charge on any atom is 0.123 e. The third-order valence-electron chi connectivity index (χ3n) is 5.68. The fraction of sp³-hybridized carbons (Fsp3) is 0.700. The van der Waals surface area contributed by atoms with Crippen LogP contribution in [0.15, 0.2) is 18.2 Å². The van der Waals surface area contributed by atoms with Crippen LogP contribution in [0.2, 0.25) is 0 Å². The van der Waals surface area contributed by atoms with E-state index in [1.54, 1.807) is 12.1 Å². The Morgan fingerprint density at radius 1 is 1.21 bits per heavy atom. The minimum absolute atomic E-state index is 0.137. The van der Waals surface area contributed by atoms with Crippen LogP contribution in [0.4, 0.5) is 10.1 Å². The second-order valence-corrected chi connectivity index (χ2v) is 7.78. The first-order valence-electron chi connectivity index (χ1n) is 9.51. The lowest BCUT2D eigenvalue weighted by molar-refractivity contribution is 0.145. The van der Waals surface area contributed by atoms with Crippen LogP contribution in [0, 0.1) is 11.7 Å². The van der Waals surface area contributed by atoms with Crippen molar-refractivity contribution in [2.75, 3.05) is 18.0 Å². The van der Waals surface area contributed by atoms with E-state index < -0.39 is 0 Å². The van der Waals surface area contributed by atoms with Gasteiger partial charge in [-0.15, -0.1) is 0 Å². The van der Waals surface area contributed by atoms with Gasteiger partial charge in [0.2, 0.25) is 0 Å². The van der Waals surface area contributed by atoms with E-state index in [2.05, 4.69) is 24.1 Å². The van der Waals surface area contributed by atoms with Crippen LogP contribution in [-0.4, -0.2) is 30.3 Å². The zero-order valence-electron chi connectivity index (χ0n) is 15.0. The highest BCUT2D eigenvalue weighted by Crippen LogP contribution is 2.32. The molecule has 4 heteroatoms. The van der Waals surface area contributed by atoms with Crippen LogP contribution in [0.3, 0.4) is 0 Å². The van der Waals surface area contributed by atoms with Crippen molar-refractivity contribution in [3.8, 4) is 0 Å². The number of nitrogens with zero attached hydrogens (tertiary/aromatic N) is 1. The van der Waals surface area contributed by atoms with Gasteiger partial charge in [0.1, 0.15) is 5.82 Å². The molecule has 3 atom stereocenters. The largest absolute Gasteiger partial charge is 0.393 e. The second-order valence-electron chi connectivity index (χ2n) is 7.78. The molecule has 0 aromatic heterocycles. The quantitative estimate of drug-likeness (QED) is 0.873. The summed E-state index contributed by atoms with van der Waals surface area (Å²) in [4.78, 5) is 2.29. The Balaban J connectivity index is 1.74. The van der Waals surface area contributed by atoms with Crippen LogP contribution in [0.1, 0.15) is 64.0 Å². The lowest BCUT2D eigenvalue weighted by Gasteiger charge is -2.35. The van der Waals surface area contributed by atoms with Gasteiger partial charge in [0.05, 0.1) is 6.10 Å². The zero-order valence-corrected chi connectivity index (χ0v) is 15.0. The molecule has 1 saturated heterocycles. The van der Waals surface area contributed by atoms with Crippen LogP contribution < -0.4 is 10.2 Å². The van der Waals surface area contributed by atoms with Gasteiger partial charge in [0.15, 0.2) is 0 Å². The number of halogens is 1. The van der Waals surface area contributed by atoms with Gasteiger partial charge in [-0.2, -0.15) is 0 Å². The summed E-state index contributed by atoms with van der Waals surface area (Å²) < 4.78 is 13.9. The van der Waals surface area contributed by atoms with Crippen molar-refractivity contribution in [2.45, 2.75) is 70.6 Å². The Kier molecular flexibility index (Phi) is 5.77. The summed E-state index contributed by atoms with van der Waals surface area (Å²) in [7, 11) is 0. The molecule has 3 unspecified atom stereocenters. The predicted molar refractivity (Wildman–Crippen MR) is 96.8 cm³/mol. The van der Waals surface area contributed by atoms with Gasteiger partial charge in [-0.1, -0.05) is 19.8 Å². The first-order valence-corrected chi connectivity index (χ1v) is 9.51. The number of benzene rings is 1. The molecule has 0 bridgehead atoms. The number of piperidine rings is 1. The van der Waals surface area contributed by atoms with Crippen molar-refractivity contribution < 1.29 is 9.50 Å². The fourth-order valence-corrected chi connectivity index (χ4v) is 4.30. The molecule has 0 amide bonds. The minimum atomic E-state index is -0.190. The zero-order chi connectivity index (χ0) is 17.1. The fourth-order valence-electron chi connectivity index (χ4n) is 4.30. The van der Waals surface area contributed by atoms with Gasteiger partial charge in [-0.05, 0) is 62.3 Å². The Bertz CT molecular complexity index is 542. The summed E-state index contributed by atoms with van der Waals surface area (Å²) in [5.41, 5.74) is 2.16. The number of rotatable bonds is 4. The summed E-state index contributed by atoms with van der Waals surface area (Å²) in [6.07, 6.45) is 6.43. The van der Waals surface area contributed by atoms with Crippen molar-refractivity contribution in [1.82, 2.24) is 5.32 Å². The first kappa shape index (κ1) is 17.7. The number of nitrogens with one attached hydrogen (secondary N) is 1. The van der Waals surface area contributed by atoms with Crippen molar-refractivity contribution in [3.05, 3.63) is 29.6 Å². The van der Waals surface area contributed by atoms with E-state index in [1.807, 2.05) is 6.07 Å². The first-order chi connectivity index (χ1) is 11.5. The molecule has 1 aromatic carbocycles. The average Bonchev–Trinajstić information content (AvgIpc) is 2.56. The summed E-state index contributed by atoms with van der Waals surface area (Å²) in [5.74, 6) is 0.607. The number of hydrogen-bond donors (Lipinski definition) is 2. The topological polar surface area (TPSA) is 35.5 Å². The molecule has 1 saturated carbocycles. The highest BCUT2D eigenvalue weighted by atomic mass is 19.1. The monoisotopic (exact) mass is 334 g/mol. The summed E-state index contributed by atoms with van der Waals surface area (Å²) in [5, 5.41) is 13.5. The van der Waals surface area contributed by atoms with Crippen molar-refractivity contribution in [3.63, 3.8) is 0 Å². The molecule has 2 fully saturated rings. The number of aliphatic hydroxyl groups excluding tert-OH is 1. The number of aliphatic hydroxyl groups is 1. The van der Waals surface area contributed by atoms with E-state index in [1.165, 1.54) is 25.7 Å². The standard InChI is InChI=1S/C20H31FN2O/c1-14-4-3-5-17(12-14)22-15(2)19-13-16(21)6-7-20(19)23-10-8-18(24)9-11-23/h6-7,13-15,17-18,22,24H,3-5,8-12H2,1-2H3. The van der Waals surface area contributed by atoms with E-state index in [4.69, 9.17) is 0 Å². The molecule has 134 valence electrons. The van der Waals surface area contributed by atoms with Gasteiger partial charge in [0.25, 0.3) is 0 Å². The van der Waals surface area contributed by atoms with Crippen LogP contribution in [0.5, 0.6) is 0 Å². The molecule has 3 rings (SSSR count). The third kappa shape index (κ3) is 4.28. The normalized spacial score (nSPS) is 27.2. The summed E-state index contributed by atoms with van der Waals surface area (Å²) in [6.45, 7) is 6.15. The molecule has 0 radical (unpaired) electrons.